The van der Waals surface area contributed by atoms with E-state index in [1.807, 2.05) is 30.0 Å². The molecular weight excluding hydrogens is 293 g/mol. The lowest BCUT2D eigenvalue weighted by Crippen LogP contribution is -2.49. The van der Waals surface area contributed by atoms with Gasteiger partial charge in [0.1, 0.15) is 5.82 Å². The Morgan fingerprint density at radius 3 is 2.29 bits per heavy atom. The molecule has 1 aliphatic rings. The summed E-state index contributed by atoms with van der Waals surface area (Å²) in [6, 6.07) is 5.13. The molecule has 2 rings (SSSR count). The van der Waals surface area contributed by atoms with E-state index in [1.54, 1.807) is 13.0 Å². The summed E-state index contributed by atoms with van der Waals surface area (Å²) < 4.78 is 39.3. The third kappa shape index (κ3) is 3.47. The molecule has 0 atom stereocenters. The summed E-state index contributed by atoms with van der Waals surface area (Å²) in [6.07, 6.45) is 0. The van der Waals surface area contributed by atoms with E-state index >= 15 is 0 Å². The summed E-state index contributed by atoms with van der Waals surface area (Å²) in [5.41, 5.74) is 1.34. The zero-order chi connectivity index (χ0) is 15.6. The zero-order valence-corrected chi connectivity index (χ0v) is 13.5. The van der Waals surface area contributed by atoms with Gasteiger partial charge in [-0.1, -0.05) is 0 Å². The highest BCUT2D eigenvalue weighted by molar-refractivity contribution is 7.89. The molecule has 118 valence electrons. The predicted octanol–water partition coefficient (Wildman–Crippen LogP) is 1.36. The highest BCUT2D eigenvalue weighted by Crippen LogP contribution is 2.25. The van der Waals surface area contributed by atoms with Gasteiger partial charge < -0.3 is 9.80 Å². The minimum absolute atomic E-state index is 0.110. The van der Waals surface area contributed by atoms with Gasteiger partial charge in [-0.15, -0.1) is 0 Å². The van der Waals surface area contributed by atoms with Crippen molar-refractivity contribution in [3.63, 3.8) is 0 Å². The Morgan fingerprint density at radius 2 is 1.81 bits per heavy atom. The van der Waals surface area contributed by atoms with Crippen molar-refractivity contribution in [1.82, 2.24) is 4.31 Å². The minimum atomic E-state index is -3.15. The van der Waals surface area contributed by atoms with Crippen LogP contribution in [0.25, 0.3) is 0 Å². The Morgan fingerprint density at radius 1 is 1.19 bits per heavy atom. The van der Waals surface area contributed by atoms with Gasteiger partial charge in [0.25, 0.3) is 0 Å². The largest absolute Gasteiger partial charge is 0.378 e. The van der Waals surface area contributed by atoms with Crippen molar-refractivity contribution in [2.75, 3.05) is 55.8 Å². The third-order valence-corrected chi connectivity index (χ3v) is 5.67. The van der Waals surface area contributed by atoms with Gasteiger partial charge in [-0.05, 0) is 25.1 Å². The number of rotatable bonds is 4. The molecule has 1 fully saturated rings. The molecule has 0 unspecified atom stereocenters. The summed E-state index contributed by atoms with van der Waals surface area (Å²) in [4.78, 5) is 3.75. The molecule has 1 aliphatic heterocycles. The van der Waals surface area contributed by atoms with Crippen LogP contribution < -0.4 is 9.80 Å². The van der Waals surface area contributed by atoms with Crippen LogP contribution >= 0.6 is 0 Å². The molecule has 0 aliphatic carbocycles. The number of sulfonamides is 1. The molecule has 0 spiro atoms. The molecule has 0 bridgehead atoms. The molecule has 1 aromatic rings. The maximum absolute atomic E-state index is 14.2. The van der Waals surface area contributed by atoms with Crippen molar-refractivity contribution in [2.24, 2.45) is 0 Å². The number of nitrogens with zero attached hydrogens (tertiary/aromatic N) is 3. The van der Waals surface area contributed by atoms with Crippen molar-refractivity contribution >= 4 is 21.4 Å². The van der Waals surface area contributed by atoms with E-state index in [-0.39, 0.29) is 11.6 Å². The lowest BCUT2D eigenvalue weighted by Gasteiger charge is -2.35. The Hall–Kier alpha value is -1.34. The Bertz CT molecular complexity index is 596. The summed E-state index contributed by atoms with van der Waals surface area (Å²) in [5, 5.41) is 0. The van der Waals surface area contributed by atoms with E-state index in [0.717, 1.165) is 5.69 Å². The fraction of sp³-hybridized carbons (Fsp3) is 0.571. The molecule has 0 aromatic heterocycles. The van der Waals surface area contributed by atoms with E-state index < -0.39 is 10.0 Å². The Labute approximate surface area is 126 Å². The van der Waals surface area contributed by atoms with Gasteiger partial charge in [0.05, 0.1) is 11.4 Å². The molecule has 1 aromatic carbocycles. The number of anilines is 2. The summed E-state index contributed by atoms with van der Waals surface area (Å²) >= 11 is 0. The van der Waals surface area contributed by atoms with Crippen LogP contribution in [-0.4, -0.2) is 58.8 Å². The highest BCUT2D eigenvalue weighted by Gasteiger charge is 2.26. The Balaban J connectivity index is 2.09. The highest BCUT2D eigenvalue weighted by atomic mass is 32.2. The van der Waals surface area contributed by atoms with Crippen LogP contribution in [0.3, 0.4) is 0 Å². The fourth-order valence-electron chi connectivity index (χ4n) is 2.42. The standard InChI is InChI=1S/C14H22FN3O2S/c1-4-21(19,20)18-9-7-17(8-10-18)14-6-5-12(16(2)3)11-13(14)15/h5-6,11H,4,7-10H2,1-3H3. The van der Waals surface area contributed by atoms with E-state index in [1.165, 1.54) is 10.4 Å². The van der Waals surface area contributed by atoms with Gasteiger partial charge in [0, 0.05) is 46.0 Å². The first-order valence-electron chi connectivity index (χ1n) is 7.05. The normalized spacial score (nSPS) is 17.0. The number of halogens is 1. The molecule has 0 saturated carbocycles. The molecule has 0 N–H and O–H groups in total. The van der Waals surface area contributed by atoms with Crippen LogP contribution in [0.2, 0.25) is 0 Å². The zero-order valence-electron chi connectivity index (χ0n) is 12.7. The van der Waals surface area contributed by atoms with Crippen LogP contribution in [-0.2, 0) is 10.0 Å². The van der Waals surface area contributed by atoms with Crippen LogP contribution in [0.5, 0.6) is 0 Å². The van der Waals surface area contributed by atoms with E-state index in [2.05, 4.69) is 0 Å². The maximum Gasteiger partial charge on any atom is 0.213 e. The number of benzene rings is 1. The van der Waals surface area contributed by atoms with E-state index in [4.69, 9.17) is 0 Å². The molecule has 7 heteroatoms. The molecule has 1 heterocycles. The second-order valence-electron chi connectivity index (χ2n) is 5.32. The van der Waals surface area contributed by atoms with Crippen LogP contribution in [0, 0.1) is 5.82 Å². The summed E-state index contributed by atoms with van der Waals surface area (Å²) in [6.45, 7) is 3.48. The molecule has 21 heavy (non-hydrogen) atoms. The minimum Gasteiger partial charge on any atom is -0.378 e. The molecular formula is C14H22FN3O2S. The van der Waals surface area contributed by atoms with Crippen molar-refractivity contribution in [2.45, 2.75) is 6.92 Å². The molecule has 0 amide bonds. The first-order valence-corrected chi connectivity index (χ1v) is 8.65. The van der Waals surface area contributed by atoms with Gasteiger partial charge in [-0.3, -0.25) is 0 Å². The van der Waals surface area contributed by atoms with Crippen molar-refractivity contribution < 1.29 is 12.8 Å². The first kappa shape index (κ1) is 16.0. The van der Waals surface area contributed by atoms with Crippen LogP contribution in [0.4, 0.5) is 15.8 Å². The van der Waals surface area contributed by atoms with Crippen molar-refractivity contribution in [1.29, 1.82) is 0 Å². The number of hydrogen-bond donors (Lipinski definition) is 0. The molecule has 0 radical (unpaired) electrons. The quantitative estimate of drug-likeness (QED) is 0.842. The monoisotopic (exact) mass is 315 g/mol. The average Bonchev–Trinajstić information content (AvgIpc) is 2.47. The predicted molar refractivity (Wildman–Crippen MR) is 84.0 cm³/mol. The van der Waals surface area contributed by atoms with Crippen molar-refractivity contribution in [3.05, 3.63) is 24.0 Å². The summed E-state index contributed by atoms with van der Waals surface area (Å²) in [7, 11) is 0.579. The maximum atomic E-state index is 14.2. The molecule has 1 saturated heterocycles. The van der Waals surface area contributed by atoms with Gasteiger partial charge in [0.15, 0.2) is 0 Å². The smallest absolute Gasteiger partial charge is 0.213 e. The Kier molecular flexibility index (Phi) is 4.73. The third-order valence-electron chi connectivity index (χ3n) is 3.79. The van der Waals surface area contributed by atoms with Gasteiger partial charge in [-0.25, -0.2) is 12.8 Å². The topological polar surface area (TPSA) is 43.9 Å². The van der Waals surface area contributed by atoms with Crippen LogP contribution in [0.1, 0.15) is 6.92 Å². The lowest BCUT2D eigenvalue weighted by molar-refractivity contribution is 0.384. The van der Waals surface area contributed by atoms with Gasteiger partial charge in [-0.2, -0.15) is 4.31 Å². The number of piperazine rings is 1. The van der Waals surface area contributed by atoms with E-state index in [9.17, 15) is 12.8 Å². The SMILES string of the molecule is CCS(=O)(=O)N1CCN(c2ccc(N(C)C)cc2F)CC1. The van der Waals surface area contributed by atoms with E-state index in [0.29, 0.717) is 31.9 Å². The lowest BCUT2D eigenvalue weighted by atomic mass is 10.2. The van der Waals surface area contributed by atoms with Crippen molar-refractivity contribution in [3.8, 4) is 0 Å². The average molecular weight is 315 g/mol. The first-order chi connectivity index (χ1) is 9.85. The second kappa shape index (κ2) is 6.19. The molecule has 5 nitrogen and oxygen atoms in total. The number of hydrogen-bond acceptors (Lipinski definition) is 4. The van der Waals surface area contributed by atoms with Crippen LogP contribution in [0.15, 0.2) is 18.2 Å². The van der Waals surface area contributed by atoms with Gasteiger partial charge in [0.2, 0.25) is 10.0 Å². The van der Waals surface area contributed by atoms with Gasteiger partial charge >= 0.3 is 0 Å². The summed E-state index contributed by atoms with van der Waals surface area (Å²) in [5.74, 6) is -0.160. The fourth-order valence-corrected chi connectivity index (χ4v) is 3.50. The second-order valence-corrected chi connectivity index (χ2v) is 7.57.